The first-order valence-corrected chi connectivity index (χ1v) is 10.5. The molecule has 0 saturated heterocycles. The van der Waals surface area contributed by atoms with E-state index in [1.54, 1.807) is 10.9 Å². The predicted molar refractivity (Wildman–Crippen MR) is 118 cm³/mol. The van der Waals surface area contributed by atoms with E-state index in [1.807, 2.05) is 20.8 Å². The quantitative estimate of drug-likeness (QED) is 0.571. The zero-order valence-corrected chi connectivity index (χ0v) is 18.4. The molecule has 2 heterocycles. The van der Waals surface area contributed by atoms with Gasteiger partial charge in [0, 0.05) is 18.8 Å². The van der Waals surface area contributed by atoms with Gasteiger partial charge in [-0.05, 0) is 30.5 Å². The van der Waals surface area contributed by atoms with Gasteiger partial charge in [0.25, 0.3) is 5.56 Å². The summed E-state index contributed by atoms with van der Waals surface area (Å²) in [5.41, 5.74) is -0.283. The Kier molecular flexibility index (Phi) is 6.94. The van der Waals surface area contributed by atoms with E-state index in [2.05, 4.69) is 10.3 Å². The highest BCUT2D eigenvalue weighted by Gasteiger charge is 2.20. The van der Waals surface area contributed by atoms with Gasteiger partial charge in [0.1, 0.15) is 12.4 Å². The van der Waals surface area contributed by atoms with Crippen LogP contribution in [0, 0.1) is 11.7 Å². The number of hydrogen-bond donors (Lipinski definition) is 1. The van der Waals surface area contributed by atoms with Crippen LogP contribution in [0.4, 0.5) is 10.1 Å². The number of halogens is 2. The normalized spacial score (nSPS) is 11.4. The van der Waals surface area contributed by atoms with Gasteiger partial charge < -0.3 is 9.88 Å². The molecular weight excluding hydrogens is 425 g/mol. The summed E-state index contributed by atoms with van der Waals surface area (Å²) >= 11 is 5.74. The summed E-state index contributed by atoms with van der Waals surface area (Å²) in [4.78, 5) is 43.1. The molecule has 0 fully saturated rings. The standard InChI is InChI=1S/C21H25ClFN5O3/c1-4-5-8-26-12-24-19-18(26)20(30)28(21(31)27(19)10-13(2)3)11-17(29)25-14-6-7-16(23)15(22)9-14/h6-7,9,12-13H,4-5,8,10-11H2,1-3H3,(H,25,29). The van der Waals surface area contributed by atoms with Crippen molar-refractivity contribution in [2.75, 3.05) is 5.32 Å². The molecule has 0 saturated carbocycles. The van der Waals surface area contributed by atoms with Crippen molar-refractivity contribution in [1.82, 2.24) is 18.7 Å². The molecule has 0 radical (unpaired) electrons. The Bertz CT molecular complexity index is 1230. The van der Waals surface area contributed by atoms with Gasteiger partial charge >= 0.3 is 5.69 Å². The number of carbonyl (C=O) groups is 1. The van der Waals surface area contributed by atoms with Gasteiger partial charge in [-0.25, -0.2) is 18.7 Å². The highest BCUT2D eigenvalue weighted by molar-refractivity contribution is 6.31. The lowest BCUT2D eigenvalue weighted by atomic mass is 10.2. The van der Waals surface area contributed by atoms with E-state index in [9.17, 15) is 18.8 Å². The number of anilines is 1. The second kappa shape index (κ2) is 9.47. The Labute approximate surface area is 183 Å². The highest BCUT2D eigenvalue weighted by atomic mass is 35.5. The van der Waals surface area contributed by atoms with Crippen molar-refractivity contribution in [3.8, 4) is 0 Å². The van der Waals surface area contributed by atoms with Gasteiger partial charge in [-0.2, -0.15) is 0 Å². The zero-order chi connectivity index (χ0) is 22.7. The minimum Gasteiger partial charge on any atom is -0.325 e. The Morgan fingerprint density at radius 3 is 2.65 bits per heavy atom. The summed E-state index contributed by atoms with van der Waals surface area (Å²) in [5, 5.41) is 2.40. The first-order valence-electron chi connectivity index (χ1n) is 10.2. The first kappa shape index (κ1) is 22.7. The topological polar surface area (TPSA) is 90.9 Å². The van der Waals surface area contributed by atoms with E-state index in [1.165, 1.54) is 16.7 Å². The average Bonchev–Trinajstić information content (AvgIpc) is 3.13. The fourth-order valence-electron chi connectivity index (χ4n) is 3.32. The average molecular weight is 450 g/mol. The molecule has 166 valence electrons. The molecule has 0 aliphatic heterocycles. The largest absolute Gasteiger partial charge is 0.333 e. The van der Waals surface area contributed by atoms with Crippen LogP contribution >= 0.6 is 11.6 Å². The molecule has 0 atom stereocenters. The molecule has 0 aliphatic carbocycles. The van der Waals surface area contributed by atoms with Crippen molar-refractivity contribution < 1.29 is 9.18 Å². The summed E-state index contributed by atoms with van der Waals surface area (Å²) in [5.74, 6) is -1.09. The number of imidazole rings is 1. The van der Waals surface area contributed by atoms with Crippen LogP contribution in [0.25, 0.3) is 11.2 Å². The second-order valence-electron chi connectivity index (χ2n) is 7.82. The maximum Gasteiger partial charge on any atom is 0.333 e. The zero-order valence-electron chi connectivity index (χ0n) is 17.7. The lowest BCUT2D eigenvalue weighted by Gasteiger charge is -2.14. The maximum absolute atomic E-state index is 13.3. The van der Waals surface area contributed by atoms with Crippen LogP contribution in [0.2, 0.25) is 5.02 Å². The van der Waals surface area contributed by atoms with Gasteiger partial charge in [0.2, 0.25) is 5.91 Å². The van der Waals surface area contributed by atoms with Crippen LogP contribution in [0.3, 0.4) is 0 Å². The smallest absolute Gasteiger partial charge is 0.325 e. The minimum absolute atomic E-state index is 0.128. The molecular formula is C21H25ClFN5O3. The van der Waals surface area contributed by atoms with Gasteiger partial charge in [-0.15, -0.1) is 0 Å². The summed E-state index contributed by atoms with van der Waals surface area (Å²) in [7, 11) is 0. The number of nitrogens with zero attached hydrogens (tertiary/aromatic N) is 4. The van der Waals surface area contributed by atoms with Gasteiger partial charge in [-0.3, -0.25) is 14.2 Å². The molecule has 3 aromatic rings. The van der Waals surface area contributed by atoms with Crippen LogP contribution in [0.5, 0.6) is 0 Å². The summed E-state index contributed by atoms with van der Waals surface area (Å²) < 4.78 is 17.4. The number of benzene rings is 1. The van der Waals surface area contributed by atoms with Crippen molar-refractivity contribution in [3.63, 3.8) is 0 Å². The number of unbranched alkanes of at least 4 members (excludes halogenated alkanes) is 1. The van der Waals surface area contributed by atoms with Crippen molar-refractivity contribution in [2.45, 2.75) is 53.2 Å². The molecule has 3 rings (SSSR count). The van der Waals surface area contributed by atoms with E-state index in [-0.39, 0.29) is 16.6 Å². The fraction of sp³-hybridized carbons (Fsp3) is 0.429. The molecule has 1 aromatic carbocycles. The van der Waals surface area contributed by atoms with Crippen molar-refractivity contribution in [1.29, 1.82) is 0 Å². The fourth-order valence-corrected chi connectivity index (χ4v) is 3.50. The number of amides is 1. The Balaban J connectivity index is 2.03. The summed E-state index contributed by atoms with van der Waals surface area (Å²) in [6, 6.07) is 3.73. The monoisotopic (exact) mass is 449 g/mol. The molecule has 0 bridgehead atoms. The van der Waals surface area contributed by atoms with Gasteiger partial charge in [0.15, 0.2) is 11.2 Å². The molecule has 2 aromatic heterocycles. The number of rotatable bonds is 8. The second-order valence-corrected chi connectivity index (χ2v) is 8.23. The Hall–Kier alpha value is -2.94. The van der Waals surface area contributed by atoms with Crippen molar-refractivity contribution >= 4 is 34.4 Å². The van der Waals surface area contributed by atoms with Crippen LogP contribution in [-0.2, 0) is 24.4 Å². The van der Waals surface area contributed by atoms with E-state index in [0.29, 0.717) is 24.3 Å². The molecule has 0 aliphatic rings. The number of aryl methyl sites for hydroxylation is 1. The van der Waals surface area contributed by atoms with E-state index in [0.717, 1.165) is 23.5 Å². The lowest BCUT2D eigenvalue weighted by molar-refractivity contribution is -0.116. The number of aromatic nitrogens is 4. The third-order valence-corrected chi connectivity index (χ3v) is 5.08. The minimum atomic E-state index is -0.613. The SMILES string of the molecule is CCCCn1cnc2c1c(=O)n(CC(=O)Nc1ccc(F)c(Cl)c1)c(=O)n2CC(C)C. The highest BCUT2D eigenvalue weighted by Crippen LogP contribution is 2.19. The molecule has 8 nitrogen and oxygen atoms in total. The van der Waals surface area contributed by atoms with Crippen LogP contribution in [-0.4, -0.2) is 24.6 Å². The van der Waals surface area contributed by atoms with Crippen molar-refractivity contribution in [2.24, 2.45) is 5.92 Å². The molecule has 0 unspecified atom stereocenters. The van der Waals surface area contributed by atoms with E-state index >= 15 is 0 Å². The third-order valence-electron chi connectivity index (χ3n) is 4.79. The lowest BCUT2D eigenvalue weighted by Crippen LogP contribution is -2.43. The third kappa shape index (κ3) is 4.87. The number of carbonyl (C=O) groups excluding carboxylic acids is 1. The maximum atomic E-state index is 13.3. The predicted octanol–water partition coefficient (Wildman–Crippen LogP) is 3.25. The molecule has 0 spiro atoms. The molecule has 10 heteroatoms. The van der Waals surface area contributed by atoms with Gasteiger partial charge in [0.05, 0.1) is 11.3 Å². The van der Waals surface area contributed by atoms with Gasteiger partial charge in [-0.1, -0.05) is 38.8 Å². The molecule has 1 N–H and O–H groups in total. The van der Waals surface area contributed by atoms with Crippen molar-refractivity contribution in [3.05, 3.63) is 56.2 Å². The summed E-state index contributed by atoms with van der Waals surface area (Å²) in [6.07, 6.45) is 3.34. The van der Waals surface area contributed by atoms with E-state index < -0.39 is 29.5 Å². The Morgan fingerprint density at radius 2 is 2.00 bits per heavy atom. The summed E-state index contributed by atoms with van der Waals surface area (Å²) in [6.45, 7) is 6.40. The van der Waals surface area contributed by atoms with Crippen LogP contribution < -0.4 is 16.6 Å². The number of fused-ring (bicyclic) bond motifs is 1. The number of hydrogen-bond acceptors (Lipinski definition) is 4. The Morgan fingerprint density at radius 1 is 1.26 bits per heavy atom. The number of nitrogens with one attached hydrogen (secondary N) is 1. The molecule has 1 amide bonds. The van der Waals surface area contributed by atoms with E-state index in [4.69, 9.17) is 11.6 Å². The van der Waals surface area contributed by atoms with Crippen LogP contribution in [0.1, 0.15) is 33.6 Å². The first-order chi connectivity index (χ1) is 14.7. The molecule has 31 heavy (non-hydrogen) atoms. The van der Waals surface area contributed by atoms with Crippen LogP contribution in [0.15, 0.2) is 34.1 Å².